The Kier molecular flexibility index (Phi) is 3.48. The van der Waals surface area contributed by atoms with Gasteiger partial charge < -0.3 is 5.73 Å². The third-order valence-corrected chi connectivity index (χ3v) is 3.65. The van der Waals surface area contributed by atoms with Crippen molar-refractivity contribution in [3.63, 3.8) is 0 Å². The van der Waals surface area contributed by atoms with Crippen molar-refractivity contribution in [2.75, 3.05) is 5.73 Å². The number of nitrogens with two attached hydrogens (primary N) is 1. The number of halogens is 3. The summed E-state index contributed by atoms with van der Waals surface area (Å²) in [7, 11) is 0. The van der Waals surface area contributed by atoms with Gasteiger partial charge in [0.05, 0.1) is 21.4 Å². The number of benzene rings is 2. The molecule has 106 valence electrons. The molecule has 0 spiro atoms. The summed E-state index contributed by atoms with van der Waals surface area (Å²) in [6.45, 7) is 0. The number of rotatable bonds is 2. The van der Waals surface area contributed by atoms with E-state index in [-0.39, 0.29) is 10.8 Å². The average Bonchev–Trinajstić information content (AvgIpc) is 2.93. The van der Waals surface area contributed by atoms with Crippen LogP contribution in [0.4, 0.5) is 10.1 Å². The molecule has 1 heterocycles. The normalized spacial score (nSPS) is 10.8. The summed E-state index contributed by atoms with van der Waals surface area (Å²) in [5.41, 5.74) is 7.16. The fourth-order valence-corrected chi connectivity index (χ4v) is 2.22. The fraction of sp³-hybridized carbons (Fsp3) is 0. The van der Waals surface area contributed by atoms with Crippen LogP contribution in [-0.2, 0) is 0 Å². The number of hydrogen-bond donors (Lipinski definition) is 1. The van der Waals surface area contributed by atoms with Crippen molar-refractivity contribution >= 4 is 28.9 Å². The maximum atomic E-state index is 13.3. The molecule has 2 aromatic carbocycles. The molecule has 1 aromatic heterocycles. The van der Waals surface area contributed by atoms with E-state index >= 15 is 0 Å². The second-order valence-corrected chi connectivity index (χ2v) is 5.04. The fourth-order valence-electron chi connectivity index (χ4n) is 1.89. The van der Waals surface area contributed by atoms with E-state index in [0.29, 0.717) is 27.8 Å². The van der Waals surface area contributed by atoms with Gasteiger partial charge in [-0.3, -0.25) is 0 Å². The number of hydrogen-bond acceptors (Lipinski definition) is 4. The molecule has 0 radical (unpaired) electrons. The Labute approximate surface area is 129 Å². The lowest BCUT2D eigenvalue weighted by Gasteiger charge is -2.07. The highest BCUT2D eigenvalue weighted by atomic mass is 35.5. The molecule has 21 heavy (non-hydrogen) atoms. The van der Waals surface area contributed by atoms with E-state index in [9.17, 15) is 4.39 Å². The van der Waals surface area contributed by atoms with Crippen LogP contribution in [0.3, 0.4) is 0 Å². The second-order valence-electron chi connectivity index (χ2n) is 4.26. The lowest BCUT2D eigenvalue weighted by Crippen LogP contribution is -2.01. The first-order chi connectivity index (χ1) is 10.1. The summed E-state index contributed by atoms with van der Waals surface area (Å²) in [4.78, 5) is 0. The van der Waals surface area contributed by atoms with E-state index in [1.807, 2.05) is 0 Å². The molecule has 0 aliphatic rings. The highest BCUT2D eigenvalue weighted by Gasteiger charge is 2.14. The Hall–Kier alpha value is -2.18. The first kappa shape index (κ1) is 13.8. The van der Waals surface area contributed by atoms with Crippen molar-refractivity contribution in [1.29, 1.82) is 0 Å². The van der Waals surface area contributed by atoms with Crippen LogP contribution in [0, 0.1) is 5.82 Å². The first-order valence-electron chi connectivity index (χ1n) is 5.85. The minimum absolute atomic E-state index is 0.269. The molecule has 0 aliphatic carbocycles. The molecule has 8 heteroatoms. The van der Waals surface area contributed by atoms with E-state index in [1.54, 1.807) is 24.3 Å². The van der Waals surface area contributed by atoms with Gasteiger partial charge in [-0.2, -0.15) is 4.68 Å². The highest BCUT2D eigenvalue weighted by Crippen LogP contribution is 2.33. The monoisotopic (exact) mass is 323 g/mol. The molecule has 0 atom stereocenters. The lowest BCUT2D eigenvalue weighted by molar-refractivity contribution is 0.625. The molecule has 0 saturated carbocycles. The van der Waals surface area contributed by atoms with Gasteiger partial charge in [-0.1, -0.05) is 29.3 Å². The van der Waals surface area contributed by atoms with Gasteiger partial charge in [-0.15, -0.1) is 5.10 Å². The number of tetrazole rings is 1. The number of nitrogens with zero attached hydrogens (tertiary/aromatic N) is 4. The van der Waals surface area contributed by atoms with Crippen LogP contribution in [0.1, 0.15) is 0 Å². The van der Waals surface area contributed by atoms with Gasteiger partial charge in [0.25, 0.3) is 0 Å². The minimum Gasteiger partial charge on any atom is -0.397 e. The van der Waals surface area contributed by atoms with Gasteiger partial charge in [-0.05, 0) is 40.8 Å². The third-order valence-electron chi connectivity index (χ3n) is 2.84. The van der Waals surface area contributed by atoms with Crippen molar-refractivity contribution in [1.82, 2.24) is 20.2 Å². The standard InChI is InChI=1S/C13H8Cl2FN5/c14-10-4-7(5-11(17)12(10)15)13-18-19-20-21(13)9-3-1-2-8(16)6-9/h1-6H,17H2. The zero-order valence-corrected chi connectivity index (χ0v) is 12.0. The summed E-state index contributed by atoms with van der Waals surface area (Å²) in [6.07, 6.45) is 0. The molecule has 3 rings (SSSR count). The zero-order chi connectivity index (χ0) is 15.0. The number of aromatic nitrogens is 4. The quantitative estimate of drug-likeness (QED) is 0.734. The molecule has 0 aliphatic heterocycles. The van der Waals surface area contributed by atoms with Gasteiger partial charge in [0.1, 0.15) is 5.82 Å². The van der Waals surface area contributed by atoms with E-state index in [2.05, 4.69) is 15.5 Å². The molecule has 0 unspecified atom stereocenters. The summed E-state index contributed by atoms with van der Waals surface area (Å²) >= 11 is 11.9. The van der Waals surface area contributed by atoms with Gasteiger partial charge in [0, 0.05) is 5.56 Å². The van der Waals surface area contributed by atoms with Gasteiger partial charge in [-0.25, -0.2) is 4.39 Å². The molecular weight excluding hydrogens is 316 g/mol. The molecule has 0 saturated heterocycles. The van der Waals surface area contributed by atoms with E-state index < -0.39 is 0 Å². The van der Waals surface area contributed by atoms with Crippen molar-refractivity contribution < 1.29 is 4.39 Å². The second kappa shape index (κ2) is 5.31. The smallest absolute Gasteiger partial charge is 0.187 e. The summed E-state index contributed by atoms with van der Waals surface area (Å²) in [5.74, 6) is -0.00605. The number of nitrogen functional groups attached to an aromatic ring is 1. The van der Waals surface area contributed by atoms with Gasteiger partial charge in [0.2, 0.25) is 0 Å². The Morgan fingerprint density at radius 3 is 2.67 bits per heavy atom. The summed E-state index contributed by atoms with van der Waals surface area (Å²) in [5, 5.41) is 12.0. The average molecular weight is 324 g/mol. The topological polar surface area (TPSA) is 69.6 Å². The maximum Gasteiger partial charge on any atom is 0.187 e. The molecule has 0 bridgehead atoms. The Balaban J connectivity index is 2.16. The van der Waals surface area contributed by atoms with Crippen LogP contribution in [0.5, 0.6) is 0 Å². The molecule has 5 nitrogen and oxygen atoms in total. The SMILES string of the molecule is Nc1cc(-c2nnnn2-c2cccc(F)c2)cc(Cl)c1Cl. The van der Waals surface area contributed by atoms with Crippen LogP contribution in [0.25, 0.3) is 17.1 Å². The Morgan fingerprint density at radius 2 is 1.95 bits per heavy atom. The Morgan fingerprint density at radius 1 is 1.14 bits per heavy atom. The van der Waals surface area contributed by atoms with Gasteiger partial charge in [0.15, 0.2) is 5.82 Å². The van der Waals surface area contributed by atoms with Crippen LogP contribution >= 0.6 is 23.2 Å². The zero-order valence-electron chi connectivity index (χ0n) is 10.5. The van der Waals surface area contributed by atoms with Gasteiger partial charge >= 0.3 is 0 Å². The van der Waals surface area contributed by atoms with Crippen LogP contribution in [0.15, 0.2) is 36.4 Å². The van der Waals surface area contributed by atoms with Crippen molar-refractivity contribution in [2.45, 2.75) is 0 Å². The lowest BCUT2D eigenvalue weighted by atomic mass is 10.2. The van der Waals surface area contributed by atoms with E-state index in [1.165, 1.54) is 16.8 Å². The van der Waals surface area contributed by atoms with Crippen LogP contribution < -0.4 is 5.73 Å². The van der Waals surface area contributed by atoms with Crippen LogP contribution in [0.2, 0.25) is 10.0 Å². The maximum absolute atomic E-state index is 13.3. The largest absolute Gasteiger partial charge is 0.397 e. The molecule has 0 amide bonds. The molecule has 3 aromatic rings. The predicted octanol–water partition coefficient (Wildman–Crippen LogP) is 3.36. The van der Waals surface area contributed by atoms with Crippen molar-refractivity contribution in [3.8, 4) is 17.1 Å². The van der Waals surface area contributed by atoms with Crippen molar-refractivity contribution in [2.24, 2.45) is 0 Å². The third kappa shape index (κ3) is 2.55. The van der Waals surface area contributed by atoms with E-state index in [4.69, 9.17) is 28.9 Å². The predicted molar refractivity (Wildman–Crippen MR) is 79.0 cm³/mol. The first-order valence-corrected chi connectivity index (χ1v) is 6.61. The van der Waals surface area contributed by atoms with E-state index in [0.717, 1.165) is 0 Å². The van der Waals surface area contributed by atoms with Crippen molar-refractivity contribution in [3.05, 3.63) is 52.3 Å². The Bertz CT molecular complexity index is 795. The minimum atomic E-state index is -0.386. The highest BCUT2D eigenvalue weighted by molar-refractivity contribution is 6.43. The summed E-state index contributed by atoms with van der Waals surface area (Å²) < 4.78 is 14.7. The molecular formula is C13H8Cl2FN5. The van der Waals surface area contributed by atoms with Crippen LogP contribution in [-0.4, -0.2) is 20.2 Å². The molecule has 0 fully saturated rings. The molecule has 2 N–H and O–H groups in total. The summed E-state index contributed by atoms with van der Waals surface area (Å²) in [6, 6.07) is 9.12. The number of anilines is 1.